The van der Waals surface area contributed by atoms with Gasteiger partial charge in [-0.3, -0.25) is 4.78 Å². The SMILES string of the molecule is N=S(=O)(CCN)CC12CC3CC(CC(C3)C1)C2. The molecule has 4 heteroatoms. The van der Waals surface area contributed by atoms with Crippen LogP contribution in [0, 0.1) is 27.9 Å². The number of hydrogen-bond acceptors (Lipinski definition) is 3. The highest BCUT2D eigenvalue weighted by Gasteiger charge is 2.51. The van der Waals surface area contributed by atoms with Crippen LogP contribution in [0.2, 0.25) is 0 Å². The first kappa shape index (κ1) is 12.0. The standard InChI is InChI=1S/C13H24N2OS/c14-1-2-17(15,16)9-13-6-10-3-11(7-13)5-12(4-10)8-13/h10-12,15H,1-9,14H2. The van der Waals surface area contributed by atoms with Crippen LogP contribution >= 0.6 is 0 Å². The Labute approximate surface area is 105 Å². The van der Waals surface area contributed by atoms with Crippen molar-refractivity contribution in [2.75, 3.05) is 18.1 Å². The molecule has 4 fully saturated rings. The van der Waals surface area contributed by atoms with E-state index >= 15 is 0 Å². The van der Waals surface area contributed by atoms with E-state index in [1.807, 2.05) is 0 Å². The van der Waals surface area contributed by atoms with Crippen molar-refractivity contribution in [1.29, 1.82) is 4.78 Å². The van der Waals surface area contributed by atoms with E-state index in [4.69, 9.17) is 10.5 Å². The van der Waals surface area contributed by atoms with E-state index < -0.39 is 9.73 Å². The van der Waals surface area contributed by atoms with Crippen LogP contribution in [0.25, 0.3) is 0 Å². The molecule has 1 unspecified atom stereocenters. The van der Waals surface area contributed by atoms with Crippen LogP contribution in [0.4, 0.5) is 0 Å². The highest BCUT2D eigenvalue weighted by molar-refractivity contribution is 7.92. The molecule has 0 aromatic rings. The van der Waals surface area contributed by atoms with Crippen LogP contribution in [0.1, 0.15) is 38.5 Å². The fourth-order valence-corrected chi connectivity index (χ4v) is 7.09. The first-order chi connectivity index (χ1) is 8.00. The van der Waals surface area contributed by atoms with Crippen LogP contribution in [0.3, 0.4) is 0 Å². The minimum Gasteiger partial charge on any atom is -0.330 e. The van der Waals surface area contributed by atoms with Gasteiger partial charge >= 0.3 is 0 Å². The fraction of sp³-hybridized carbons (Fsp3) is 1.00. The second-order valence-corrected chi connectivity index (χ2v) is 9.19. The Kier molecular flexibility index (Phi) is 2.78. The van der Waals surface area contributed by atoms with Gasteiger partial charge in [-0.1, -0.05) is 0 Å². The van der Waals surface area contributed by atoms with E-state index in [1.54, 1.807) is 0 Å². The van der Waals surface area contributed by atoms with Crippen molar-refractivity contribution < 1.29 is 4.21 Å². The monoisotopic (exact) mass is 256 g/mol. The molecular formula is C13H24N2OS. The van der Waals surface area contributed by atoms with Gasteiger partial charge in [-0.15, -0.1) is 0 Å². The lowest BCUT2D eigenvalue weighted by molar-refractivity contribution is -0.0387. The van der Waals surface area contributed by atoms with Crippen LogP contribution in [-0.4, -0.2) is 22.3 Å². The first-order valence-electron chi connectivity index (χ1n) is 6.94. The average Bonchev–Trinajstić information content (AvgIpc) is 2.11. The smallest absolute Gasteiger partial charge is 0.0459 e. The lowest BCUT2D eigenvalue weighted by atomic mass is 9.50. The molecule has 0 radical (unpaired) electrons. The van der Waals surface area contributed by atoms with Gasteiger partial charge in [0, 0.05) is 27.8 Å². The van der Waals surface area contributed by atoms with E-state index in [0.717, 1.165) is 17.8 Å². The molecule has 0 amide bonds. The lowest BCUT2D eigenvalue weighted by Gasteiger charge is -2.57. The van der Waals surface area contributed by atoms with Gasteiger partial charge in [0.05, 0.1) is 0 Å². The van der Waals surface area contributed by atoms with Gasteiger partial charge in [0.15, 0.2) is 0 Å². The summed E-state index contributed by atoms with van der Waals surface area (Å²) in [4.78, 5) is 0. The Bertz CT molecular complexity index is 366. The van der Waals surface area contributed by atoms with Crippen molar-refractivity contribution in [3.05, 3.63) is 0 Å². The highest BCUT2D eigenvalue weighted by atomic mass is 32.2. The second-order valence-electron chi connectivity index (χ2n) is 6.87. The number of nitrogens with two attached hydrogens (primary N) is 1. The summed E-state index contributed by atoms with van der Waals surface area (Å²) in [6.45, 7) is 0.398. The molecule has 4 bridgehead atoms. The zero-order chi connectivity index (χ0) is 12.1. The maximum absolute atomic E-state index is 12.3. The van der Waals surface area contributed by atoms with Crippen molar-refractivity contribution in [3.63, 3.8) is 0 Å². The summed E-state index contributed by atoms with van der Waals surface area (Å²) in [6, 6.07) is 0. The maximum Gasteiger partial charge on any atom is 0.0459 e. The van der Waals surface area contributed by atoms with Crippen LogP contribution in [0.5, 0.6) is 0 Å². The molecule has 3 nitrogen and oxygen atoms in total. The average molecular weight is 256 g/mol. The number of nitrogens with one attached hydrogen (secondary N) is 1. The van der Waals surface area contributed by atoms with E-state index in [1.165, 1.54) is 38.5 Å². The Morgan fingerprint density at radius 3 is 2.00 bits per heavy atom. The van der Waals surface area contributed by atoms with Gasteiger partial charge in [0.25, 0.3) is 0 Å². The van der Waals surface area contributed by atoms with Crippen LogP contribution < -0.4 is 5.73 Å². The Morgan fingerprint density at radius 1 is 1.12 bits per heavy atom. The van der Waals surface area contributed by atoms with E-state index in [2.05, 4.69) is 0 Å². The van der Waals surface area contributed by atoms with Gasteiger partial charge in [0.2, 0.25) is 0 Å². The molecule has 0 saturated heterocycles. The Morgan fingerprint density at radius 2 is 1.59 bits per heavy atom. The van der Waals surface area contributed by atoms with Gasteiger partial charge < -0.3 is 5.73 Å². The molecule has 1 atom stereocenters. The minimum absolute atomic E-state index is 0.267. The molecular weight excluding hydrogens is 232 g/mol. The maximum atomic E-state index is 12.3. The van der Waals surface area contributed by atoms with E-state index in [-0.39, 0.29) is 5.41 Å². The zero-order valence-corrected chi connectivity index (χ0v) is 11.3. The van der Waals surface area contributed by atoms with Crippen LogP contribution in [-0.2, 0) is 9.73 Å². The third-order valence-electron chi connectivity index (χ3n) is 5.15. The number of rotatable bonds is 4. The minimum atomic E-state index is -2.42. The predicted octanol–water partition coefficient (Wildman–Crippen LogP) is 2.21. The van der Waals surface area contributed by atoms with Crippen molar-refractivity contribution in [2.45, 2.75) is 38.5 Å². The predicted molar refractivity (Wildman–Crippen MR) is 70.3 cm³/mol. The molecule has 0 spiro atoms. The van der Waals surface area contributed by atoms with Crippen molar-refractivity contribution in [3.8, 4) is 0 Å². The number of hydrogen-bond donors (Lipinski definition) is 2. The first-order valence-corrected chi connectivity index (χ1v) is 8.84. The summed E-state index contributed by atoms with van der Waals surface area (Å²) in [5.74, 6) is 3.69. The summed E-state index contributed by atoms with van der Waals surface area (Å²) in [5.41, 5.74) is 5.75. The van der Waals surface area contributed by atoms with Gasteiger partial charge in [-0.25, -0.2) is 4.21 Å². The fourth-order valence-electron chi connectivity index (χ4n) is 5.22. The summed E-state index contributed by atoms with van der Waals surface area (Å²) >= 11 is 0. The largest absolute Gasteiger partial charge is 0.330 e. The normalized spacial score (nSPS) is 47.0. The third-order valence-corrected chi connectivity index (χ3v) is 7.13. The molecule has 0 aromatic carbocycles. The molecule has 4 rings (SSSR count). The molecule has 4 aliphatic rings. The quantitative estimate of drug-likeness (QED) is 0.810. The summed E-state index contributed by atoms with van der Waals surface area (Å²) in [7, 11) is -2.42. The Balaban J connectivity index is 1.78. The molecule has 4 aliphatic carbocycles. The zero-order valence-electron chi connectivity index (χ0n) is 10.5. The summed E-state index contributed by atoms with van der Waals surface area (Å²) in [5, 5.41) is 0. The molecule has 0 aliphatic heterocycles. The molecule has 98 valence electrons. The van der Waals surface area contributed by atoms with Crippen molar-refractivity contribution >= 4 is 9.73 Å². The van der Waals surface area contributed by atoms with Gasteiger partial charge in [-0.2, -0.15) is 0 Å². The van der Waals surface area contributed by atoms with Gasteiger partial charge in [-0.05, 0) is 61.7 Å². The second kappa shape index (κ2) is 3.95. The van der Waals surface area contributed by atoms with E-state index in [0.29, 0.717) is 18.1 Å². The van der Waals surface area contributed by atoms with Crippen molar-refractivity contribution in [1.82, 2.24) is 0 Å². The van der Waals surface area contributed by atoms with Crippen LogP contribution in [0.15, 0.2) is 0 Å². The molecule has 4 saturated carbocycles. The molecule has 3 N–H and O–H groups in total. The third kappa shape index (κ3) is 2.26. The lowest BCUT2D eigenvalue weighted by Crippen LogP contribution is -2.49. The molecule has 17 heavy (non-hydrogen) atoms. The van der Waals surface area contributed by atoms with Gasteiger partial charge in [0.1, 0.15) is 0 Å². The molecule has 0 aromatic heterocycles. The molecule has 0 heterocycles. The Hall–Kier alpha value is -0.0900. The highest BCUT2D eigenvalue weighted by Crippen LogP contribution is 2.60. The van der Waals surface area contributed by atoms with E-state index in [9.17, 15) is 4.21 Å². The topological polar surface area (TPSA) is 66.9 Å². The summed E-state index contributed by atoms with van der Waals surface area (Å²) < 4.78 is 20.3. The summed E-state index contributed by atoms with van der Waals surface area (Å²) in [6.07, 6.45) is 7.98. The van der Waals surface area contributed by atoms with Crippen molar-refractivity contribution in [2.24, 2.45) is 28.9 Å².